The number of nitrogens with one attached hydrogen (secondary N) is 1. The van der Waals surface area contributed by atoms with E-state index in [2.05, 4.69) is 17.0 Å². The minimum atomic E-state index is -0.500. The Morgan fingerprint density at radius 3 is 1.67 bits per heavy atom. The van der Waals surface area contributed by atoms with Crippen LogP contribution in [0.1, 0.15) is 114 Å². The zero-order valence-corrected chi connectivity index (χ0v) is 19.3. The van der Waals surface area contributed by atoms with Crippen LogP contribution in [0.3, 0.4) is 0 Å². The van der Waals surface area contributed by atoms with Crippen LogP contribution in [-0.2, 0) is 9.53 Å². The van der Waals surface area contributed by atoms with E-state index in [-0.39, 0.29) is 12.2 Å². The maximum atomic E-state index is 11.9. The third-order valence-electron chi connectivity index (χ3n) is 5.60. The van der Waals surface area contributed by atoms with E-state index in [1.165, 1.54) is 97.0 Å². The SMILES string of the molecule is CCCCCCCCCCCCCCCCNc1ccc(C(=O)CC(=O)OC)cc1. The summed E-state index contributed by atoms with van der Waals surface area (Å²) in [6.45, 7) is 3.23. The first-order valence-corrected chi connectivity index (χ1v) is 12.1. The number of hydrogen-bond donors (Lipinski definition) is 1. The van der Waals surface area contributed by atoms with Gasteiger partial charge in [-0.1, -0.05) is 90.4 Å². The van der Waals surface area contributed by atoms with Crippen molar-refractivity contribution in [1.82, 2.24) is 0 Å². The van der Waals surface area contributed by atoms with Crippen molar-refractivity contribution in [3.05, 3.63) is 29.8 Å². The van der Waals surface area contributed by atoms with E-state index >= 15 is 0 Å². The zero-order valence-electron chi connectivity index (χ0n) is 19.3. The first-order chi connectivity index (χ1) is 14.7. The fourth-order valence-electron chi connectivity index (χ4n) is 3.63. The predicted octanol–water partition coefficient (Wildman–Crippen LogP) is 7.33. The molecule has 0 saturated heterocycles. The number of Topliss-reactive ketones (excluding diaryl/α,β-unsaturated/α-hetero) is 1. The molecule has 0 amide bonds. The number of anilines is 1. The molecule has 0 fully saturated rings. The van der Waals surface area contributed by atoms with Gasteiger partial charge in [0.2, 0.25) is 0 Å². The monoisotopic (exact) mass is 417 g/mol. The maximum absolute atomic E-state index is 11.9. The Balaban J connectivity index is 1.94. The van der Waals surface area contributed by atoms with Crippen LogP contribution >= 0.6 is 0 Å². The summed E-state index contributed by atoms with van der Waals surface area (Å²) in [5.41, 5.74) is 1.56. The van der Waals surface area contributed by atoms with E-state index in [1.54, 1.807) is 12.1 Å². The summed E-state index contributed by atoms with van der Waals surface area (Å²) in [6.07, 6.45) is 19.0. The van der Waals surface area contributed by atoms with Crippen molar-refractivity contribution in [3.8, 4) is 0 Å². The highest BCUT2D eigenvalue weighted by Crippen LogP contribution is 2.14. The van der Waals surface area contributed by atoms with Crippen LogP contribution in [0.2, 0.25) is 0 Å². The third-order valence-corrected chi connectivity index (χ3v) is 5.60. The Morgan fingerprint density at radius 2 is 1.20 bits per heavy atom. The summed E-state index contributed by atoms with van der Waals surface area (Å²) in [7, 11) is 1.29. The third kappa shape index (κ3) is 13.4. The van der Waals surface area contributed by atoms with Gasteiger partial charge in [-0.05, 0) is 30.7 Å². The van der Waals surface area contributed by atoms with Crippen molar-refractivity contribution in [1.29, 1.82) is 0 Å². The molecule has 0 radical (unpaired) electrons. The lowest BCUT2D eigenvalue weighted by atomic mass is 10.0. The highest BCUT2D eigenvalue weighted by atomic mass is 16.5. The molecule has 1 aromatic carbocycles. The first kappa shape index (κ1) is 26.2. The van der Waals surface area contributed by atoms with Crippen LogP contribution in [0.5, 0.6) is 0 Å². The highest BCUT2D eigenvalue weighted by molar-refractivity contribution is 6.06. The molecule has 1 aromatic rings. The number of rotatable bonds is 19. The average molecular weight is 418 g/mol. The van der Waals surface area contributed by atoms with Crippen LogP contribution in [0.15, 0.2) is 24.3 Å². The molecule has 0 saturated carbocycles. The van der Waals surface area contributed by atoms with Gasteiger partial charge in [-0.2, -0.15) is 0 Å². The van der Waals surface area contributed by atoms with E-state index < -0.39 is 5.97 Å². The van der Waals surface area contributed by atoms with Crippen LogP contribution in [-0.4, -0.2) is 25.4 Å². The lowest BCUT2D eigenvalue weighted by Gasteiger charge is -2.07. The van der Waals surface area contributed by atoms with Gasteiger partial charge in [-0.25, -0.2) is 0 Å². The topological polar surface area (TPSA) is 55.4 Å². The lowest BCUT2D eigenvalue weighted by molar-refractivity contribution is -0.139. The van der Waals surface area contributed by atoms with E-state index in [1.807, 2.05) is 12.1 Å². The molecule has 0 aliphatic carbocycles. The highest BCUT2D eigenvalue weighted by Gasteiger charge is 2.11. The average Bonchev–Trinajstić information content (AvgIpc) is 2.76. The van der Waals surface area contributed by atoms with Gasteiger partial charge in [0.05, 0.1) is 7.11 Å². The fraction of sp³-hybridized carbons (Fsp3) is 0.692. The number of methoxy groups -OCH3 is 1. The minimum absolute atomic E-state index is 0.206. The molecule has 0 spiro atoms. The molecule has 1 N–H and O–H groups in total. The number of carbonyl (C=O) groups is 2. The van der Waals surface area contributed by atoms with Crippen molar-refractivity contribution in [3.63, 3.8) is 0 Å². The van der Waals surface area contributed by atoms with E-state index in [4.69, 9.17) is 0 Å². The van der Waals surface area contributed by atoms with Gasteiger partial charge in [-0.3, -0.25) is 9.59 Å². The molecular formula is C26H43NO3. The van der Waals surface area contributed by atoms with E-state index in [0.717, 1.165) is 12.2 Å². The van der Waals surface area contributed by atoms with Crippen molar-refractivity contribution in [2.45, 2.75) is 103 Å². The summed E-state index contributed by atoms with van der Waals surface area (Å²) >= 11 is 0. The second kappa shape index (κ2) is 18.0. The zero-order chi connectivity index (χ0) is 21.9. The molecule has 1 rings (SSSR count). The molecule has 170 valence electrons. The molecule has 0 unspecified atom stereocenters. The lowest BCUT2D eigenvalue weighted by Crippen LogP contribution is -2.09. The Morgan fingerprint density at radius 1 is 0.733 bits per heavy atom. The van der Waals surface area contributed by atoms with E-state index in [9.17, 15) is 9.59 Å². The molecular weight excluding hydrogens is 374 g/mol. The van der Waals surface area contributed by atoms with Crippen LogP contribution in [0.4, 0.5) is 5.69 Å². The predicted molar refractivity (Wildman–Crippen MR) is 126 cm³/mol. The van der Waals surface area contributed by atoms with Gasteiger partial charge in [0.15, 0.2) is 5.78 Å². The second-order valence-electron chi connectivity index (χ2n) is 8.28. The first-order valence-electron chi connectivity index (χ1n) is 12.1. The van der Waals surface area contributed by atoms with Crippen molar-refractivity contribution >= 4 is 17.4 Å². The summed E-state index contributed by atoms with van der Waals surface area (Å²) in [5, 5.41) is 3.40. The molecule has 0 heterocycles. The summed E-state index contributed by atoms with van der Waals surface area (Å²) in [5.74, 6) is -0.708. The normalized spacial score (nSPS) is 10.7. The summed E-state index contributed by atoms with van der Waals surface area (Å²) < 4.78 is 4.53. The number of esters is 1. The van der Waals surface area contributed by atoms with Crippen LogP contribution < -0.4 is 5.32 Å². The van der Waals surface area contributed by atoms with Crippen LogP contribution in [0.25, 0.3) is 0 Å². The number of ether oxygens (including phenoxy) is 1. The Hall–Kier alpha value is -1.84. The quantitative estimate of drug-likeness (QED) is 0.111. The second-order valence-corrected chi connectivity index (χ2v) is 8.28. The van der Waals surface area contributed by atoms with Crippen molar-refractivity contribution < 1.29 is 14.3 Å². The molecule has 0 aliphatic rings. The number of unbranched alkanes of at least 4 members (excludes halogenated alkanes) is 13. The smallest absolute Gasteiger partial charge is 0.313 e. The number of carbonyl (C=O) groups excluding carboxylic acids is 2. The largest absolute Gasteiger partial charge is 0.469 e. The van der Waals surface area contributed by atoms with Gasteiger partial charge >= 0.3 is 5.97 Å². The number of benzene rings is 1. The molecule has 4 nitrogen and oxygen atoms in total. The molecule has 0 aliphatic heterocycles. The Bertz CT molecular complexity index is 568. The molecule has 0 bridgehead atoms. The van der Waals surface area contributed by atoms with Gasteiger partial charge in [0.1, 0.15) is 6.42 Å². The molecule has 4 heteroatoms. The molecule has 30 heavy (non-hydrogen) atoms. The summed E-state index contributed by atoms with van der Waals surface area (Å²) in [6, 6.07) is 7.32. The fourth-order valence-corrected chi connectivity index (χ4v) is 3.63. The Labute approximate surface area is 184 Å². The van der Waals surface area contributed by atoms with Crippen LogP contribution in [0, 0.1) is 0 Å². The summed E-state index contributed by atoms with van der Waals surface area (Å²) in [4.78, 5) is 23.1. The standard InChI is InChI=1S/C26H43NO3/c1-3-4-5-6-7-8-9-10-11-12-13-14-15-16-21-27-24-19-17-23(18-20-24)25(28)22-26(29)30-2/h17-20,27H,3-16,21-22H2,1-2H3. The molecule has 0 atom stereocenters. The van der Waals surface area contributed by atoms with Gasteiger partial charge in [-0.15, -0.1) is 0 Å². The van der Waals surface area contributed by atoms with Gasteiger partial charge in [0.25, 0.3) is 0 Å². The molecule has 0 aromatic heterocycles. The number of ketones is 1. The van der Waals surface area contributed by atoms with E-state index in [0.29, 0.717) is 5.56 Å². The van der Waals surface area contributed by atoms with Crippen molar-refractivity contribution in [2.24, 2.45) is 0 Å². The van der Waals surface area contributed by atoms with Gasteiger partial charge < -0.3 is 10.1 Å². The van der Waals surface area contributed by atoms with Gasteiger partial charge in [0, 0.05) is 17.8 Å². The number of hydrogen-bond acceptors (Lipinski definition) is 4. The maximum Gasteiger partial charge on any atom is 0.313 e. The minimum Gasteiger partial charge on any atom is -0.469 e. The van der Waals surface area contributed by atoms with Crippen molar-refractivity contribution in [2.75, 3.05) is 19.0 Å². The Kier molecular flexibility index (Phi) is 15.7.